The Kier molecular flexibility index (Phi) is 4.72. The lowest BCUT2D eigenvalue weighted by Gasteiger charge is -2.06. The largest absolute Gasteiger partial charge is 0.493 e. The van der Waals surface area contributed by atoms with E-state index in [9.17, 15) is 4.79 Å². The second-order valence-corrected chi connectivity index (χ2v) is 6.70. The molecule has 0 saturated carbocycles. The lowest BCUT2D eigenvalue weighted by molar-refractivity contribution is 0.340. The SMILES string of the molecule is CCOc1ccccc1-c1noc(Cn2cnc3ccc(Br)cc3c2=O)n1. The van der Waals surface area contributed by atoms with Crippen molar-refractivity contribution < 1.29 is 9.26 Å². The molecule has 7 nitrogen and oxygen atoms in total. The number of halogens is 1. The van der Waals surface area contributed by atoms with Crippen LogP contribution < -0.4 is 10.3 Å². The minimum atomic E-state index is -0.171. The van der Waals surface area contributed by atoms with Crippen LogP contribution in [0.3, 0.4) is 0 Å². The maximum absolute atomic E-state index is 12.7. The maximum Gasteiger partial charge on any atom is 0.261 e. The summed E-state index contributed by atoms with van der Waals surface area (Å²) in [7, 11) is 0. The van der Waals surface area contributed by atoms with Gasteiger partial charge in [0, 0.05) is 4.47 Å². The Labute approximate surface area is 162 Å². The fraction of sp³-hybridized carbons (Fsp3) is 0.158. The Morgan fingerprint density at radius 3 is 2.93 bits per heavy atom. The zero-order chi connectivity index (χ0) is 18.8. The van der Waals surface area contributed by atoms with Gasteiger partial charge in [0.2, 0.25) is 11.7 Å². The highest BCUT2D eigenvalue weighted by molar-refractivity contribution is 9.10. The van der Waals surface area contributed by atoms with Crippen molar-refractivity contribution in [1.29, 1.82) is 0 Å². The lowest BCUT2D eigenvalue weighted by atomic mass is 10.2. The Morgan fingerprint density at radius 2 is 2.07 bits per heavy atom. The Hall–Kier alpha value is -3.00. The van der Waals surface area contributed by atoms with Gasteiger partial charge in [0.1, 0.15) is 12.3 Å². The number of rotatable bonds is 5. The second-order valence-electron chi connectivity index (χ2n) is 5.78. The average Bonchev–Trinajstić information content (AvgIpc) is 3.14. The van der Waals surface area contributed by atoms with Crippen LogP contribution in [0, 0.1) is 0 Å². The molecular formula is C19H15BrN4O3. The number of benzene rings is 2. The van der Waals surface area contributed by atoms with Crippen LogP contribution >= 0.6 is 15.9 Å². The van der Waals surface area contributed by atoms with Gasteiger partial charge in [-0.2, -0.15) is 4.98 Å². The number of fused-ring (bicyclic) bond motifs is 1. The zero-order valence-corrected chi connectivity index (χ0v) is 16.0. The van der Waals surface area contributed by atoms with E-state index < -0.39 is 0 Å². The molecule has 8 heteroatoms. The molecule has 2 aromatic heterocycles. The Morgan fingerprint density at radius 1 is 1.22 bits per heavy atom. The van der Waals surface area contributed by atoms with E-state index in [2.05, 4.69) is 31.1 Å². The molecule has 0 spiro atoms. The summed E-state index contributed by atoms with van der Waals surface area (Å²) in [6.45, 7) is 2.59. The topological polar surface area (TPSA) is 83.0 Å². The van der Waals surface area contributed by atoms with Crippen molar-refractivity contribution in [3.8, 4) is 17.1 Å². The summed E-state index contributed by atoms with van der Waals surface area (Å²) in [5.74, 6) is 1.41. The molecule has 4 rings (SSSR count). The molecule has 0 bridgehead atoms. The molecule has 27 heavy (non-hydrogen) atoms. The standard InChI is InChI=1S/C19H15BrN4O3/c1-2-26-16-6-4-3-5-13(16)18-22-17(27-23-18)10-24-11-21-15-8-7-12(20)9-14(15)19(24)25/h3-9,11H,2,10H2,1H3. The summed E-state index contributed by atoms with van der Waals surface area (Å²) < 4.78 is 13.2. The number of aromatic nitrogens is 4. The van der Waals surface area contributed by atoms with Crippen LogP contribution in [0.25, 0.3) is 22.3 Å². The number of nitrogens with zero attached hydrogens (tertiary/aromatic N) is 4. The van der Waals surface area contributed by atoms with Crippen molar-refractivity contribution in [1.82, 2.24) is 19.7 Å². The predicted octanol–water partition coefficient (Wildman–Crippen LogP) is 3.66. The van der Waals surface area contributed by atoms with Gasteiger partial charge in [-0.1, -0.05) is 33.2 Å². The van der Waals surface area contributed by atoms with Gasteiger partial charge in [0.05, 0.1) is 29.4 Å². The molecule has 0 aliphatic heterocycles. The molecule has 0 saturated heterocycles. The van der Waals surface area contributed by atoms with Crippen LogP contribution in [-0.2, 0) is 6.54 Å². The summed E-state index contributed by atoms with van der Waals surface area (Å²) in [5.41, 5.74) is 1.20. The van der Waals surface area contributed by atoms with Crippen LogP contribution in [0.15, 0.2) is 62.6 Å². The fourth-order valence-electron chi connectivity index (χ4n) is 2.75. The van der Waals surface area contributed by atoms with Gasteiger partial charge in [-0.25, -0.2) is 4.98 Å². The highest BCUT2D eigenvalue weighted by Crippen LogP contribution is 2.27. The molecule has 0 atom stereocenters. The second kappa shape index (κ2) is 7.32. The molecule has 4 aromatic rings. The van der Waals surface area contributed by atoms with E-state index in [4.69, 9.17) is 9.26 Å². The number of hydrogen-bond donors (Lipinski definition) is 0. The lowest BCUT2D eigenvalue weighted by Crippen LogP contribution is -2.21. The van der Waals surface area contributed by atoms with Crippen molar-refractivity contribution in [3.05, 3.63) is 69.5 Å². The van der Waals surface area contributed by atoms with Crippen molar-refractivity contribution in [2.45, 2.75) is 13.5 Å². The number of para-hydroxylation sites is 1. The van der Waals surface area contributed by atoms with Gasteiger partial charge in [0.15, 0.2) is 0 Å². The van der Waals surface area contributed by atoms with Gasteiger partial charge in [-0.15, -0.1) is 0 Å². The first-order valence-corrected chi connectivity index (χ1v) is 9.14. The fourth-order valence-corrected chi connectivity index (χ4v) is 3.11. The molecule has 0 aliphatic carbocycles. The molecule has 0 amide bonds. The van der Waals surface area contributed by atoms with Gasteiger partial charge >= 0.3 is 0 Å². The smallest absolute Gasteiger partial charge is 0.261 e. The van der Waals surface area contributed by atoms with Crippen LogP contribution in [0.5, 0.6) is 5.75 Å². The first kappa shape index (κ1) is 17.4. The third-order valence-corrected chi connectivity index (χ3v) is 4.48. The molecule has 136 valence electrons. The highest BCUT2D eigenvalue weighted by Gasteiger charge is 2.14. The van der Waals surface area contributed by atoms with Crippen molar-refractivity contribution in [2.75, 3.05) is 6.61 Å². The third-order valence-electron chi connectivity index (χ3n) is 3.99. The summed E-state index contributed by atoms with van der Waals surface area (Å²) in [4.78, 5) is 21.4. The van der Waals surface area contributed by atoms with E-state index in [0.717, 1.165) is 10.0 Å². The van der Waals surface area contributed by atoms with E-state index in [-0.39, 0.29) is 12.1 Å². The summed E-state index contributed by atoms with van der Waals surface area (Å²) in [6, 6.07) is 12.9. The minimum absolute atomic E-state index is 0.137. The molecule has 0 radical (unpaired) electrons. The van der Waals surface area contributed by atoms with Crippen molar-refractivity contribution >= 4 is 26.8 Å². The van der Waals surface area contributed by atoms with E-state index in [0.29, 0.717) is 35.0 Å². The third kappa shape index (κ3) is 3.48. The molecule has 0 fully saturated rings. The first-order valence-electron chi connectivity index (χ1n) is 8.35. The average molecular weight is 427 g/mol. The first-order chi connectivity index (χ1) is 13.2. The van der Waals surface area contributed by atoms with E-state index >= 15 is 0 Å². The van der Waals surface area contributed by atoms with Crippen molar-refractivity contribution in [2.24, 2.45) is 0 Å². The van der Waals surface area contributed by atoms with Gasteiger partial charge < -0.3 is 9.26 Å². The van der Waals surface area contributed by atoms with E-state index in [1.54, 1.807) is 12.1 Å². The van der Waals surface area contributed by atoms with Crippen LogP contribution in [0.2, 0.25) is 0 Å². The number of hydrogen-bond acceptors (Lipinski definition) is 6. The predicted molar refractivity (Wildman–Crippen MR) is 104 cm³/mol. The van der Waals surface area contributed by atoms with Gasteiger partial charge in [-0.3, -0.25) is 9.36 Å². The quantitative estimate of drug-likeness (QED) is 0.484. The maximum atomic E-state index is 12.7. The normalized spacial score (nSPS) is 11.0. The zero-order valence-electron chi connectivity index (χ0n) is 14.4. The van der Waals surface area contributed by atoms with E-state index in [1.807, 2.05) is 37.3 Å². The molecule has 2 heterocycles. The van der Waals surface area contributed by atoms with Crippen LogP contribution in [-0.4, -0.2) is 26.3 Å². The van der Waals surface area contributed by atoms with Crippen LogP contribution in [0.4, 0.5) is 0 Å². The molecule has 0 unspecified atom stereocenters. The minimum Gasteiger partial charge on any atom is -0.493 e. The molecular weight excluding hydrogens is 412 g/mol. The summed E-state index contributed by atoms with van der Waals surface area (Å²) >= 11 is 3.38. The van der Waals surface area contributed by atoms with Crippen molar-refractivity contribution in [3.63, 3.8) is 0 Å². The van der Waals surface area contributed by atoms with Gasteiger partial charge in [0.25, 0.3) is 5.56 Å². The monoisotopic (exact) mass is 426 g/mol. The van der Waals surface area contributed by atoms with Crippen LogP contribution in [0.1, 0.15) is 12.8 Å². The number of ether oxygens (including phenoxy) is 1. The Balaban J connectivity index is 1.67. The molecule has 0 N–H and O–H groups in total. The summed E-state index contributed by atoms with van der Waals surface area (Å²) in [5, 5.41) is 4.54. The Bertz CT molecular complexity index is 1170. The summed E-state index contributed by atoms with van der Waals surface area (Å²) in [6.07, 6.45) is 1.48. The van der Waals surface area contributed by atoms with Gasteiger partial charge in [-0.05, 0) is 37.3 Å². The molecule has 2 aromatic carbocycles. The highest BCUT2D eigenvalue weighted by atomic mass is 79.9. The van der Waals surface area contributed by atoms with E-state index in [1.165, 1.54) is 10.9 Å². The molecule has 0 aliphatic rings.